The van der Waals surface area contributed by atoms with E-state index >= 15 is 0 Å². The lowest BCUT2D eigenvalue weighted by molar-refractivity contribution is -0.00000146. The summed E-state index contributed by atoms with van der Waals surface area (Å²) < 4.78 is 0. The van der Waals surface area contributed by atoms with Crippen molar-refractivity contribution in [3.63, 3.8) is 0 Å². The molecule has 1 heterocycles. The summed E-state index contributed by atoms with van der Waals surface area (Å²) in [6, 6.07) is 0. The SMILES string of the molecule is C[S+]1CCSCC1.[Cl-]. The molecule has 0 unspecified atom stereocenters. The van der Waals surface area contributed by atoms with Crippen LogP contribution in [0.5, 0.6) is 0 Å². The van der Waals surface area contributed by atoms with Gasteiger partial charge < -0.3 is 12.4 Å². The van der Waals surface area contributed by atoms with Crippen molar-refractivity contribution in [1.29, 1.82) is 0 Å². The van der Waals surface area contributed by atoms with Crippen molar-refractivity contribution in [2.75, 3.05) is 29.3 Å². The van der Waals surface area contributed by atoms with Gasteiger partial charge in [0.15, 0.2) is 0 Å². The highest BCUT2D eigenvalue weighted by atomic mass is 35.5. The van der Waals surface area contributed by atoms with Gasteiger partial charge in [0.05, 0.1) is 6.26 Å². The molecule has 1 rings (SSSR count). The van der Waals surface area contributed by atoms with Crippen LogP contribution in [0.15, 0.2) is 0 Å². The molecular formula is C5H11ClS2. The van der Waals surface area contributed by atoms with Gasteiger partial charge in [-0.3, -0.25) is 0 Å². The van der Waals surface area contributed by atoms with E-state index in [1.54, 1.807) is 0 Å². The number of hydrogen-bond acceptors (Lipinski definition) is 1. The Balaban J connectivity index is 0.000000490. The molecule has 0 saturated carbocycles. The predicted octanol–water partition coefficient (Wildman–Crippen LogP) is -2.01. The van der Waals surface area contributed by atoms with Crippen molar-refractivity contribution in [3.8, 4) is 0 Å². The maximum absolute atomic E-state index is 2.37. The first-order valence-electron chi connectivity index (χ1n) is 2.56. The number of thioether (sulfide) groups is 1. The Morgan fingerprint density at radius 3 is 2.00 bits per heavy atom. The normalized spacial score (nSPS) is 22.1. The summed E-state index contributed by atoms with van der Waals surface area (Å²) in [6.07, 6.45) is 2.37. The Hall–Kier alpha value is 0.990. The average Bonchev–Trinajstić information content (AvgIpc) is 1.69. The molecule has 1 saturated heterocycles. The van der Waals surface area contributed by atoms with Crippen molar-refractivity contribution in [2.24, 2.45) is 0 Å². The molecule has 0 aromatic heterocycles. The molecule has 50 valence electrons. The Morgan fingerprint density at radius 1 is 1.25 bits per heavy atom. The summed E-state index contributed by atoms with van der Waals surface area (Å²) in [5.41, 5.74) is 0. The first-order valence-corrected chi connectivity index (χ1v) is 5.69. The molecule has 0 N–H and O–H groups in total. The molecule has 0 aromatic rings. The standard InChI is InChI=1S/C5H11S2.ClH/c1-7-4-2-6-3-5-7;/h2-5H2,1H3;1H/q+1;/p-1. The minimum absolute atomic E-state index is 0. The van der Waals surface area contributed by atoms with Crippen LogP contribution in [-0.4, -0.2) is 29.3 Å². The Morgan fingerprint density at radius 2 is 1.75 bits per heavy atom. The van der Waals surface area contributed by atoms with Crippen LogP contribution < -0.4 is 12.4 Å². The van der Waals surface area contributed by atoms with E-state index in [1.807, 2.05) is 0 Å². The third-order valence-corrected chi connectivity index (χ3v) is 4.46. The van der Waals surface area contributed by atoms with E-state index in [4.69, 9.17) is 0 Å². The topological polar surface area (TPSA) is 0 Å². The molecule has 0 nitrogen and oxygen atoms in total. The van der Waals surface area contributed by atoms with Gasteiger partial charge in [0.25, 0.3) is 0 Å². The summed E-state index contributed by atoms with van der Waals surface area (Å²) in [4.78, 5) is 0. The van der Waals surface area contributed by atoms with Gasteiger partial charge in [-0.1, -0.05) is 0 Å². The summed E-state index contributed by atoms with van der Waals surface area (Å²) >= 11 is 2.11. The van der Waals surface area contributed by atoms with E-state index < -0.39 is 0 Å². The molecule has 8 heavy (non-hydrogen) atoms. The van der Waals surface area contributed by atoms with Crippen molar-refractivity contribution in [1.82, 2.24) is 0 Å². The fourth-order valence-electron chi connectivity index (χ4n) is 0.606. The molecule has 1 aliphatic rings. The van der Waals surface area contributed by atoms with Crippen LogP contribution >= 0.6 is 11.8 Å². The third-order valence-electron chi connectivity index (χ3n) is 1.15. The molecule has 0 atom stereocenters. The van der Waals surface area contributed by atoms with Gasteiger partial charge in [-0.2, -0.15) is 11.8 Å². The Kier molecular flexibility index (Phi) is 5.43. The van der Waals surface area contributed by atoms with E-state index in [0.717, 1.165) is 10.9 Å². The monoisotopic (exact) mass is 170 g/mol. The van der Waals surface area contributed by atoms with E-state index in [1.165, 1.54) is 23.0 Å². The van der Waals surface area contributed by atoms with Gasteiger partial charge >= 0.3 is 0 Å². The van der Waals surface area contributed by atoms with Crippen molar-refractivity contribution in [2.45, 2.75) is 0 Å². The maximum atomic E-state index is 2.37. The van der Waals surface area contributed by atoms with E-state index in [2.05, 4.69) is 18.0 Å². The lowest BCUT2D eigenvalue weighted by atomic mass is 10.9. The van der Waals surface area contributed by atoms with Gasteiger partial charge in [-0.05, 0) is 10.9 Å². The minimum atomic E-state index is 0. The molecule has 3 heteroatoms. The molecule has 0 spiro atoms. The van der Waals surface area contributed by atoms with Gasteiger partial charge in [0.1, 0.15) is 11.5 Å². The number of halogens is 1. The first-order chi connectivity index (χ1) is 3.39. The maximum Gasteiger partial charge on any atom is 0.116 e. The molecule has 0 aromatic carbocycles. The fraction of sp³-hybridized carbons (Fsp3) is 1.00. The zero-order valence-electron chi connectivity index (χ0n) is 5.02. The number of hydrogen-bond donors (Lipinski definition) is 0. The van der Waals surface area contributed by atoms with Gasteiger partial charge in [-0.15, -0.1) is 0 Å². The predicted molar refractivity (Wildman–Crippen MR) is 40.3 cm³/mol. The Labute approximate surface area is 64.6 Å². The molecule has 1 fully saturated rings. The highest BCUT2D eigenvalue weighted by Crippen LogP contribution is 2.10. The molecule has 0 bridgehead atoms. The summed E-state index contributed by atoms with van der Waals surface area (Å²) in [5.74, 6) is 5.79. The van der Waals surface area contributed by atoms with Crippen LogP contribution in [0.4, 0.5) is 0 Å². The zero-order chi connectivity index (χ0) is 5.11. The Bertz CT molecular complexity index is 52.4. The smallest absolute Gasteiger partial charge is 0.116 e. The van der Waals surface area contributed by atoms with Crippen LogP contribution in [0.3, 0.4) is 0 Å². The molecular weight excluding hydrogens is 160 g/mol. The third kappa shape index (κ3) is 3.10. The van der Waals surface area contributed by atoms with Crippen LogP contribution in [0.1, 0.15) is 0 Å². The molecule has 1 aliphatic heterocycles. The lowest BCUT2D eigenvalue weighted by Gasteiger charge is -2.07. The lowest BCUT2D eigenvalue weighted by Crippen LogP contribution is -3.00. The number of rotatable bonds is 0. The van der Waals surface area contributed by atoms with Gasteiger partial charge in [0, 0.05) is 11.5 Å². The van der Waals surface area contributed by atoms with Gasteiger partial charge in [-0.25, -0.2) is 0 Å². The zero-order valence-corrected chi connectivity index (χ0v) is 7.41. The summed E-state index contributed by atoms with van der Waals surface area (Å²) in [6.45, 7) is 0. The summed E-state index contributed by atoms with van der Waals surface area (Å²) in [7, 11) is 0.789. The first kappa shape index (κ1) is 8.99. The molecule has 0 amide bonds. The van der Waals surface area contributed by atoms with Crippen LogP contribution in [0.25, 0.3) is 0 Å². The van der Waals surface area contributed by atoms with Crippen LogP contribution in [-0.2, 0) is 10.9 Å². The van der Waals surface area contributed by atoms with Crippen molar-refractivity contribution < 1.29 is 12.4 Å². The fourth-order valence-corrected chi connectivity index (χ4v) is 4.23. The van der Waals surface area contributed by atoms with Crippen molar-refractivity contribution >= 4 is 22.7 Å². The highest BCUT2D eigenvalue weighted by molar-refractivity contribution is 8.04. The molecule has 0 radical (unpaired) electrons. The molecule has 0 aliphatic carbocycles. The van der Waals surface area contributed by atoms with E-state index in [-0.39, 0.29) is 12.4 Å². The summed E-state index contributed by atoms with van der Waals surface area (Å²) in [5, 5.41) is 0. The second kappa shape index (κ2) is 4.83. The second-order valence-electron chi connectivity index (χ2n) is 1.80. The largest absolute Gasteiger partial charge is 1.00 e. The van der Waals surface area contributed by atoms with Crippen molar-refractivity contribution in [3.05, 3.63) is 0 Å². The van der Waals surface area contributed by atoms with Crippen LogP contribution in [0, 0.1) is 0 Å². The van der Waals surface area contributed by atoms with E-state index in [9.17, 15) is 0 Å². The van der Waals surface area contributed by atoms with Crippen LogP contribution in [0.2, 0.25) is 0 Å². The second-order valence-corrected chi connectivity index (χ2v) is 5.41. The minimum Gasteiger partial charge on any atom is -1.00 e. The average molecular weight is 171 g/mol. The van der Waals surface area contributed by atoms with E-state index in [0.29, 0.717) is 0 Å². The van der Waals surface area contributed by atoms with Gasteiger partial charge in [0.2, 0.25) is 0 Å². The quantitative estimate of drug-likeness (QED) is 0.379. The highest BCUT2D eigenvalue weighted by Gasteiger charge is 2.14.